The first kappa shape index (κ1) is 29.1. The quantitative estimate of drug-likeness (QED) is 0.114. The molecule has 4 aromatic rings. The summed E-state index contributed by atoms with van der Waals surface area (Å²) >= 11 is 0. The molecule has 0 radical (unpaired) electrons. The molecule has 0 saturated carbocycles. The second-order valence-corrected chi connectivity index (χ2v) is 10.9. The van der Waals surface area contributed by atoms with Gasteiger partial charge in [0.15, 0.2) is 0 Å². The van der Waals surface area contributed by atoms with Gasteiger partial charge in [0.25, 0.3) is 6.47 Å². The van der Waals surface area contributed by atoms with Gasteiger partial charge in [0.1, 0.15) is 17.9 Å². The van der Waals surface area contributed by atoms with E-state index < -0.39 is 11.4 Å². The molecule has 0 unspecified atom stereocenters. The van der Waals surface area contributed by atoms with Crippen LogP contribution in [0.2, 0.25) is 0 Å². The first-order valence-electron chi connectivity index (χ1n) is 14.2. The zero-order valence-electron chi connectivity index (χ0n) is 24.9. The normalized spacial score (nSPS) is 12.8. The van der Waals surface area contributed by atoms with E-state index in [1.807, 2.05) is 26.1 Å². The van der Waals surface area contributed by atoms with Crippen LogP contribution in [-0.2, 0) is 26.3 Å². The molecular weight excluding hydrogens is 526 g/mol. The lowest BCUT2D eigenvalue weighted by Gasteiger charge is -2.35. The van der Waals surface area contributed by atoms with Crippen molar-refractivity contribution in [1.29, 1.82) is 0 Å². The van der Waals surface area contributed by atoms with E-state index in [0.29, 0.717) is 24.4 Å². The van der Waals surface area contributed by atoms with Crippen LogP contribution in [0.1, 0.15) is 61.3 Å². The molecule has 0 amide bonds. The van der Waals surface area contributed by atoms with Gasteiger partial charge in [0.05, 0.1) is 19.1 Å². The Labute approximate surface area is 247 Å². The van der Waals surface area contributed by atoms with Gasteiger partial charge in [-0.1, -0.05) is 71.8 Å². The summed E-state index contributed by atoms with van der Waals surface area (Å²) in [5.41, 5.74) is 10.4. The van der Waals surface area contributed by atoms with Crippen LogP contribution >= 0.6 is 0 Å². The number of rotatable bonds is 11. The molecule has 0 saturated heterocycles. The number of carbonyl (C=O) groups excluding carboxylic acids is 2. The SMILES string of the molecule is CNCCCOc1ccc(C2(c3ccc(C)c(COC=O)c3)c3cc(C)ccc3-c3ccc(C)cc32)cc1C(=O)OC. The fourth-order valence-electron chi connectivity index (χ4n) is 6.11. The average Bonchev–Trinajstić information content (AvgIpc) is 3.27. The van der Waals surface area contributed by atoms with Gasteiger partial charge in [-0.15, -0.1) is 0 Å². The lowest BCUT2D eigenvalue weighted by molar-refractivity contribution is -0.129. The van der Waals surface area contributed by atoms with E-state index in [-0.39, 0.29) is 6.61 Å². The van der Waals surface area contributed by atoms with Crippen molar-refractivity contribution < 1.29 is 23.8 Å². The van der Waals surface area contributed by atoms with Gasteiger partial charge >= 0.3 is 5.97 Å². The Morgan fingerprint density at radius 2 is 1.50 bits per heavy atom. The highest BCUT2D eigenvalue weighted by molar-refractivity contribution is 5.94. The Morgan fingerprint density at radius 3 is 2.12 bits per heavy atom. The van der Waals surface area contributed by atoms with E-state index in [1.54, 1.807) is 0 Å². The fourth-order valence-corrected chi connectivity index (χ4v) is 6.11. The molecule has 1 N–H and O–H groups in total. The molecule has 0 fully saturated rings. The minimum absolute atomic E-state index is 0.174. The van der Waals surface area contributed by atoms with Gasteiger partial charge < -0.3 is 19.5 Å². The van der Waals surface area contributed by atoms with Crippen LogP contribution in [0.15, 0.2) is 72.8 Å². The lowest BCUT2D eigenvalue weighted by Crippen LogP contribution is -2.29. The van der Waals surface area contributed by atoms with Crippen molar-refractivity contribution in [2.24, 2.45) is 0 Å². The highest BCUT2D eigenvalue weighted by atomic mass is 16.5. The second kappa shape index (κ2) is 12.2. The van der Waals surface area contributed by atoms with E-state index in [0.717, 1.165) is 68.6 Å². The van der Waals surface area contributed by atoms with E-state index in [9.17, 15) is 9.59 Å². The van der Waals surface area contributed by atoms with Crippen molar-refractivity contribution in [3.8, 4) is 16.9 Å². The maximum Gasteiger partial charge on any atom is 0.341 e. The van der Waals surface area contributed by atoms with Crippen molar-refractivity contribution in [3.63, 3.8) is 0 Å². The minimum Gasteiger partial charge on any atom is -0.493 e. The first-order chi connectivity index (χ1) is 20.3. The van der Waals surface area contributed by atoms with Crippen molar-refractivity contribution in [3.05, 3.63) is 123 Å². The number of benzene rings is 4. The highest BCUT2D eigenvalue weighted by Gasteiger charge is 2.47. The van der Waals surface area contributed by atoms with Crippen LogP contribution in [0.5, 0.6) is 5.75 Å². The Balaban J connectivity index is 1.83. The molecule has 6 heteroatoms. The molecule has 5 rings (SSSR count). The molecule has 42 heavy (non-hydrogen) atoms. The van der Waals surface area contributed by atoms with Gasteiger partial charge in [-0.05, 0) is 97.4 Å². The summed E-state index contributed by atoms with van der Waals surface area (Å²) in [6, 6.07) is 25.3. The van der Waals surface area contributed by atoms with E-state index in [4.69, 9.17) is 14.2 Å². The summed E-state index contributed by atoms with van der Waals surface area (Å²) in [5, 5.41) is 3.12. The summed E-state index contributed by atoms with van der Waals surface area (Å²) in [7, 11) is 3.29. The number of fused-ring (bicyclic) bond motifs is 3. The van der Waals surface area contributed by atoms with E-state index in [1.165, 1.54) is 7.11 Å². The van der Waals surface area contributed by atoms with E-state index in [2.05, 4.69) is 79.8 Å². The number of nitrogens with one attached hydrogen (secondary N) is 1. The van der Waals surface area contributed by atoms with Gasteiger partial charge in [-0.25, -0.2) is 4.79 Å². The highest BCUT2D eigenvalue weighted by Crippen LogP contribution is 2.57. The number of hydrogen-bond donors (Lipinski definition) is 1. The molecule has 0 atom stereocenters. The first-order valence-corrected chi connectivity index (χ1v) is 14.2. The Hall–Kier alpha value is -4.42. The van der Waals surface area contributed by atoms with Crippen molar-refractivity contribution >= 4 is 12.4 Å². The lowest BCUT2D eigenvalue weighted by atomic mass is 9.66. The number of ether oxygens (including phenoxy) is 3. The van der Waals surface area contributed by atoms with Crippen LogP contribution in [-0.4, -0.2) is 39.8 Å². The van der Waals surface area contributed by atoms with Crippen molar-refractivity contribution in [2.75, 3.05) is 27.3 Å². The monoisotopic (exact) mass is 563 g/mol. The van der Waals surface area contributed by atoms with Gasteiger partial charge in [-0.2, -0.15) is 0 Å². The van der Waals surface area contributed by atoms with Crippen LogP contribution in [0.4, 0.5) is 0 Å². The smallest absolute Gasteiger partial charge is 0.341 e. The third-order valence-electron chi connectivity index (χ3n) is 8.18. The fraction of sp³-hybridized carbons (Fsp3) is 0.278. The van der Waals surface area contributed by atoms with Crippen LogP contribution in [0.3, 0.4) is 0 Å². The molecule has 0 bridgehead atoms. The van der Waals surface area contributed by atoms with Gasteiger partial charge in [0.2, 0.25) is 0 Å². The minimum atomic E-state index is -0.750. The zero-order chi connectivity index (χ0) is 29.9. The number of carbonyl (C=O) groups is 2. The summed E-state index contributed by atoms with van der Waals surface area (Å²) in [5.74, 6) is 0.0410. The standard InChI is InChI=1S/C36H37NO5/c1-23-7-12-29-30-13-8-24(2)18-33(30)36(32(29)17-23,27-10-9-25(3)26(19-27)21-41-22-38)28-11-14-34(42-16-6-15-37-4)31(20-28)35(39)40-5/h7-14,17-20,22,37H,6,15-16,21H2,1-5H3. The number of aryl methyl sites for hydroxylation is 3. The van der Waals surface area contributed by atoms with Gasteiger partial charge in [-0.3, -0.25) is 4.79 Å². The number of esters is 1. The maximum absolute atomic E-state index is 13.2. The third kappa shape index (κ3) is 5.07. The average molecular weight is 564 g/mol. The summed E-state index contributed by atoms with van der Waals surface area (Å²) in [6.45, 7) is 8.14. The predicted octanol–water partition coefficient (Wildman–Crippen LogP) is 6.42. The molecule has 4 aromatic carbocycles. The maximum atomic E-state index is 13.2. The molecule has 6 nitrogen and oxygen atoms in total. The van der Waals surface area contributed by atoms with Crippen molar-refractivity contribution in [2.45, 2.75) is 39.2 Å². The molecule has 0 aromatic heterocycles. The topological polar surface area (TPSA) is 73.9 Å². The Kier molecular flexibility index (Phi) is 8.46. The van der Waals surface area contributed by atoms with Gasteiger partial charge in [0, 0.05) is 0 Å². The van der Waals surface area contributed by atoms with Crippen molar-refractivity contribution in [1.82, 2.24) is 5.32 Å². The Morgan fingerprint density at radius 1 is 0.857 bits per heavy atom. The molecule has 216 valence electrons. The summed E-state index contributed by atoms with van der Waals surface area (Å²) in [4.78, 5) is 24.3. The molecule has 0 aliphatic heterocycles. The molecular formula is C36H37NO5. The van der Waals surface area contributed by atoms with Crippen LogP contribution in [0, 0.1) is 20.8 Å². The largest absolute Gasteiger partial charge is 0.493 e. The summed E-state index contributed by atoms with van der Waals surface area (Å²) < 4.78 is 16.5. The molecule has 1 aliphatic carbocycles. The third-order valence-corrected chi connectivity index (χ3v) is 8.18. The number of methoxy groups -OCH3 is 1. The zero-order valence-corrected chi connectivity index (χ0v) is 24.9. The molecule has 1 aliphatic rings. The summed E-state index contributed by atoms with van der Waals surface area (Å²) in [6.07, 6.45) is 0.803. The van der Waals surface area contributed by atoms with Crippen LogP contribution < -0.4 is 10.1 Å². The number of hydrogen-bond acceptors (Lipinski definition) is 6. The van der Waals surface area contributed by atoms with E-state index >= 15 is 0 Å². The molecule has 0 heterocycles. The second-order valence-electron chi connectivity index (χ2n) is 10.9. The molecule has 0 spiro atoms. The van der Waals surface area contributed by atoms with Crippen LogP contribution in [0.25, 0.3) is 11.1 Å². The Bertz CT molecular complexity index is 1590. The predicted molar refractivity (Wildman–Crippen MR) is 164 cm³/mol.